The Morgan fingerprint density at radius 3 is 2.00 bits per heavy atom. The zero-order valence-electron chi connectivity index (χ0n) is 21.9. The van der Waals surface area contributed by atoms with E-state index < -0.39 is 7.14 Å². The second-order valence-electron chi connectivity index (χ2n) is 11.3. The Kier molecular flexibility index (Phi) is 7.44. The van der Waals surface area contributed by atoms with Crippen molar-refractivity contribution in [2.24, 2.45) is 16.7 Å². The third kappa shape index (κ3) is 5.61. The minimum atomic E-state index is -3.65. The normalized spacial score (nSPS) is 20.8. The molecule has 1 atom stereocenters. The van der Waals surface area contributed by atoms with E-state index in [1.54, 1.807) is 0 Å². The predicted molar refractivity (Wildman–Crippen MR) is 147 cm³/mol. The average molecular weight is 475 g/mol. The van der Waals surface area contributed by atoms with Gasteiger partial charge in [-0.05, 0) is 23.0 Å². The highest BCUT2D eigenvalue weighted by atomic mass is 31.2. The Morgan fingerprint density at radius 1 is 0.765 bits per heavy atom. The number of allylic oxidation sites excluding steroid dienone is 12. The Hall–Kier alpha value is -2.44. The summed E-state index contributed by atoms with van der Waals surface area (Å²) in [4.78, 5) is 14.1. The molecule has 2 nitrogen and oxygen atoms in total. The molecule has 0 aliphatic heterocycles. The highest BCUT2D eigenvalue weighted by Crippen LogP contribution is 2.65. The molecule has 1 aromatic carbocycles. The lowest BCUT2D eigenvalue weighted by Crippen LogP contribution is -2.09. The van der Waals surface area contributed by atoms with Gasteiger partial charge < -0.3 is 4.57 Å². The summed E-state index contributed by atoms with van der Waals surface area (Å²) >= 11 is 0. The molecule has 3 heteroatoms. The van der Waals surface area contributed by atoms with Crippen LogP contribution in [-0.2, 0) is 4.57 Å². The fourth-order valence-corrected chi connectivity index (χ4v) is 6.94. The van der Waals surface area contributed by atoms with Crippen LogP contribution in [0.5, 0.6) is 0 Å². The van der Waals surface area contributed by atoms with E-state index in [2.05, 4.69) is 67.5 Å². The van der Waals surface area contributed by atoms with Gasteiger partial charge in [0.05, 0.1) is 0 Å². The number of hydrogen-bond acceptors (Lipinski definition) is 2. The van der Waals surface area contributed by atoms with Crippen LogP contribution in [0.2, 0.25) is 0 Å². The van der Waals surface area contributed by atoms with Crippen LogP contribution in [0.25, 0.3) is 0 Å². The summed E-state index contributed by atoms with van der Waals surface area (Å²) in [6, 6.07) is 7.61. The minimum absolute atomic E-state index is 0.176. The van der Waals surface area contributed by atoms with Crippen molar-refractivity contribution in [1.29, 1.82) is 0 Å². The van der Waals surface area contributed by atoms with Gasteiger partial charge in [-0.15, -0.1) is 0 Å². The molecule has 3 rings (SSSR count). The molecular weight excluding hydrogens is 435 g/mol. The van der Waals surface area contributed by atoms with Crippen LogP contribution < -0.4 is 0 Å². The molecule has 0 amide bonds. The fourth-order valence-electron chi connectivity index (χ4n) is 4.28. The van der Waals surface area contributed by atoms with E-state index >= 15 is 4.57 Å². The first-order valence-electron chi connectivity index (χ1n) is 12.2. The van der Waals surface area contributed by atoms with Gasteiger partial charge in [0, 0.05) is 27.0 Å². The summed E-state index contributed by atoms with van der Waals surface area (Å²) in [6.07, 6.45) is 18.0. The summed E-state index contributed by atoms with van der Waals surface area (Å²) in [5.41, 5.74) is 2.01. The largest absolute Gasteiger partial charge is 0.305 e. The average Bonchev–Trinajstić information content (AvgIpc) is 3.05. The van der Waals surface area contributed by atoms with Crippen LogP contribution in [0.15, 0.2) is 95.2 Å². The van der Waals surface area contributed by atoms with E-state index in [0.717, 1.165) is 5.56 Å². The fraction of sp³-hybridized carbons (Fsp3) is 0.387. The number of carbonyl (C=O) groups is 1. The van der Waals surface area contributed by atoms with Crippen molar-refractivity contribution in [3.05, 3.63) is 106 Å². The molecule has 0 saturated carbocycles. The number of hydrogen-bond donors (Lipinski definition) is 0. The van der Waals surface area contributed by atoms with E-state index in [9.17, 15) is 4.79 Å². The van der Waals surface area contributed by atoms with Crippen LogP contribution in [0.3, 0.4) is 0 Å². The van der Waals surface area contributed by atoms with Crippen molar-refractivity contribution >= 4 is 12.7 Å². The van der Waals surface area contributed by atoms with E-state index in [-0.39, 0.29) is 16.4 Å². The summed E-state index contributed by atoms with van der Waals surface area (Å²) in [5, 5.41) is 1.18. The second-order valence-corrected chi connectivity index (χ2v) is 14.0. The standard InChI is InChI=1S/C31H39O2P/c1-22(2)24-11-13-25(14-12-24)29(32)34(33,27-10-9-18-30(5,6)19-17-27)28-16-15-26(23(3)4)20-31(7,8)21-28/h9-23H,1-8H3. The molecule has 0 N–H and O–H groups in total. The zero-order chi connectivity index (χ0) is 25.3. The zero-order valence-corrected chi connectivity index (χ0v) is 22.8. The number of benzene rings is 1. The van der Waals surface area contributed by atoms with Gasteiger partial charge in [-0.3, -0.25) is 4.79 Å². The third-order valence-electron chi connectivity index (χ3n) is 6.49. The van der Waals surface area contributed by atoms with Crippen molar-refractivity contribution in [2.45, 2.75) is 61.3 Å². The van der Waals surface area contributed by atoms with Crippen molar-refractivity contribution in [1.82, 2.24) is 0 Å². The Bertz CT molecular complexity index is 1180. The molecule has 2 aliphatic carbocycles. The molecule has 0 aromatic heterocycles. The molecule has 0 bridgehead atoms. The molecule has 0 saturated heterocycles. The van der Waals surface area contributed by atoms with E-state index in [1.165, 1.54) is 5.57 Å². The molecule has 1 aromatic rings. The molecule has 180 valence electrons. The van der Waals surface area contributed by atoms with Crippen molar-refractivity contribution < 1.29 is 9.36 Å². The van der Waals surface area contributed by atoms with Crippen molar-refractivity contribution in [3.63, 3.8) is 0 Å². The number of carbonyl (C=O) groups excluding carboxylic acids is 1. The van der Waals surface area contributed by atoms with Crippen LogP contribution in [0.1, 0.15) is 77.2 Å². The van der Waals surface area contributed by atoms with Crippen LogP contribution >= 0.6 is 7.14 Å². The molecule has 34 heavy (non-hydrogen) atoms. The highest BCUT2D eigenvalue weighted by Gasteiger charge is 2.40. The van der Waals surface area contributed by atoms with Gasteiger partial charge in [0.1, 0.15) is 0 Å². The van der Waals surface area contributed by atoms with E-state index in [4.69, 9.17) is 0 Å². The predicted octanol–water partition coefficient (Wildman–Crippen LogP) is 9.41. The van der Waals surface area contributed by atoms with Crippen LogP contribution in [-0.4, -0.2) is 5.52 Å². The summed E-state index contributed by atoms with van der Waals surface area (Å²) in [6.45, 7) is 17.0. The van der Waals surface area contributed by atoms with Crippen molar-refractivity contribution in [3.8, 4) is 0 Å². The smallest absolute Gasteiger partial charge is 0.230 e. The third-order valence-corrected chi connectivity index (χ3v) is 9.35. The first kappa shape index (κ1) is 26.2. The van der Waals surface area contributed by atoms with E-state index in [1.807, 2.05) is 66.8 Å². The van der Waals surface area contributed by atoms with Crippen molar-refractivity contribution in [2.75, 3.05) is 0 Å². The molecule has 2 aliphatic rings. The molecule has 0 radical (unpaired) electrons. The lowest BCUT2D eigenvalue weighted by molar-refractivity contribution is 0.107. The molecule has 0 spiro atoms. The summed E-state index contributed by atoms with van der Waals surface area (Å²) in [5.74, 6) is 0.701. The van der Waals surface area contributed by atoms with Gasteiger partial charge in [0.25, 0.3) is 0 Å². The van der Waals surface area contributed by atoms with Gasteiger partial charge in [0.2, 0.25) is 12.7 Å². The van der Waals surface area contributed by atoms with E-state index in [0.29, 0.717) is 28.0 Å². The van der Waals surface area contributed by atoms with Gasteiger partial charge in [0.15, 0.2) is 0 Å². The summed E-state index contributed by atoms with van der Waals surface area (Å²) in [7, 11) is -3.65. The van der Waals surface area contributed by atoms with Gasteiger partial charge >= 0.3 is 0 Å². The lowest BCUT2D eigenvalue weighted by atomic mass is 9.88. The molecule has 0 fully saturated rings. The quantitative estimate of drug-likeness (QED) is 0.385. The number of rotatable bonds is 6. The highest BCUT2D eigenvalue weighted by molar-refractivity contribution is 7.88. The first-order valence-corrected chi connectivity index (χ1v) is 13.9. The maximum atomic E-state index is 15.1. The summed E-state index contributed by atoms with van der Waals surface area (Å²) < 4.78 is 15.1. The Labute approximate surface area is 206 Å². The van der Waals surface area contributed by atoms with Crippen LogP contribution in [0, 0.1) is 16.7 Å². The molecular formula is C31H39O2P. The monoisotopic (exact) mass is 474 g/mol. The Balaban J connectivity index is 2.21. The van der Waals surface area contributed by atoms with Crippen LogP contribution in [0.4, 0.5) is 0 Å². The lowest BCUT2D eigenvalue weighted by Gasteiger charge is -2.23. The Morgan fingerprint density at radius 2 is 1.41 bits per heavy atom. The minimum Gasteiger partial charge on any atom is -0.305 e. The van der Waals surface area contributed by atoms with Gasteiger partial charge in [-0.2, -0.15) is 0 Å². The molecule has 1 unspecified atom stereocenters. The molecule has 0 heterocycles. The maximum absolute atomic E-state index is 15.1. The first-order chi connectivity index (χ1) is 15.7. The maximum Gasteiger partial charge on any atom is 0.230 e. The second kappa shape index (κ2) is 9.67. The topological polar surface area (TPSA) is 34.1 Å². The SMILES string of the molecule is CC(C)C1=CC(C)(C)C=C(P(=O)(C(=O)c2ccc(C(C)C)cc2)C2=CC=CC(C)(C)C=C2)C=C1. The van der Waals surface area contributed by atoms with Gasteiger partial charge in [-0.25, -0.2) is 0 Å². The van der Waals surface area contributed by atoms with Gasteiger partial charge in [-0.1, -0.05) is 134 Å².